The molecule has 1 aromatic rings. The maximum Gasteiger partial charge on any atom is 0.238 e. The minimum atomic E-state index is -0.302. The fourth-order valence-electron chi connectivity index (χ4n) is 2.59. The van der Waals surface area contributed by atoms with Crippen molar-refractivity contribution in [2.75, 3.05) is 11.9 Å². The highest BCUT2D eigenvalue weighted by Crippen LogP contribution is 2.36. The Kier molecular flexibility index (Phi) is 4.20. The van der Waals surface area contributed by atoms with Gasteiger partial charge in [0.05, 0.1) is 6.54 Å². The molecule has 0 bridgehead atoms. The molecule has 4 heteroatoms. The van der Waals surface area contributed by atoms with Gasteiger partial charge in [-0.25, -0.2) is 4.39 Å². The van der Waals surface area contributed by atoms with Crippen molar-refractivity contribution in [3.05, 3.63) is 30.1 Å². The average molecular weight is 264 g/mol. The predicted octanol–water partition coefficient (Wildman–Crippen LogP) is 2.93. The zero-order valence-corrected chi connectivity index (χ0v) is 11.5. The number of hydrogen-bond donors (Lipinski definition) is 2. The third-order valence-electron chi connectivity index (χ3n) is 3.65. The molecule has 1 aromatic carbocycles. The molecule has 1 saturated carbocycles. The summed E-state index contributed by atoms with van der Waals surface area (Å²) in [5.74, 6) is -0.388. The molecule has 1 atom stereocenters. The van der Waals surface area contributed by atoms with E-state index in [-0.39, 0.29) is 11.7 Å². The summed E-state index contributed by atoms with van der Waals surface area (Å²) < 4.78 is 12.7. The van der Waals surface area contributed by atoms with Gasteiger partial charge >= 0.3 is 0 Å². The predicted molar refractivity (Wildman–Crippen MR) is 74.5 cm³/mol. The average Bonchev–Trinajstić information content (AvgIpc) is 2.69. The third-order valence-corrected chi connectivity index (χ3v) is 3.65. The first-order chi connectivity index (χ1) is 8.94. The zero-order valence-electron chi connectivity index (χ0n) is 11.5. The van der Waals surface area contributed by atoms with Gasteiger partial charge in [-0.1, -0.05) is 13.8 Å². The van der Waals surface area contributed by atoms with Gasteiger partial charge in [0.25, 0.3) is 0 Å². The molecule has 1 unspecified atom stereocenters. The Morgan fingerprint density at radius 3 is 2.63 bits per heavy atom. The van der Waals surface area contributed by atoms with Crippen LogP contribution in [0, 0.1) is 11.2 Å². The van der Waals surface area contributed by atoms with Crippen molar-refractivity contribution in [1.29, 1.82) is 0 Å². The SMILES string of the molecule is CC1(C)CCC(NCC(=O)Nc2ccc(F)cc2)C1. The monoisotopic (exact) mass is 264 g/mol. The molecule has 0 saturated heterocycles. The maximum absolute atomic E-state index is 12.7. The van der Waals surface area contributed by atoms with Gasteiger partial charge < -0.3 is 10.6 Å². The molecule has 19 heavy (non-hydrogen) atoms. The van der Waals surface area contributed by atoms with Gasteiger partial charge in [-0.3, -0.25) is 4.79 Å². The summed E-state index contributed by atoms with van der Waals surface area (Å²) in [7, 11) is 0. The number of carbonyl (C=O) groups is 1. The zero-order chi connectivity index (χ0) is 13.9. The van der Waals surface area contributed by atoms with Crippen molar-refractivity contribution in [2.24, 2.45) is 5.41 Å². The molecule has 2 N–H and O–H groups in total. The van der Waals surface area contributed by atoms with E-state index in [2.05, 4.69) is 24.5 Å². The van der Waals surface area contributed by atoms with Crippen LogP contribution in [0.25, 0.3) is 0 Å². The van der Waals surface area contributed by atoms with E-state index in [0.717, 1.165) is 12.8 Å². The van der Waals surface area contributed by atoms with Gasteiger partial charge in [-0.2, -0.15) is 0 Å². The lowest BCUT2D eigenvalue weighted by Crippen LogP contribution is -2.35. The van der Waals surface area contributed by atoms with Crippen molar-refractivity contribution in [1.82, 2.24) is 5.32 Å². The molecular weight excluding hydrogens is 243 g/mol. The number of rotatable bonds is 4. The van der Waals surface area contributed by atoms with Crippen LogP contribution >= 0.6 is 0 Å². The van der Waals surface area contributed by atoms with Crippen LogP contribution in [0.3, 0.4) is 0 Å². The lowest BCUT2D eigenvalue weighted by Gasteiger charge is -2.17. The second-order valence-corrected chi connectivity index (χ2v) is 6.04. The van der Waals surface area contributed by atoms with Crippen LogP contribution in [0.4, 0.5) is 10.1 Å². The summed E-state index contributed by atoms with van der Waals surface area (Å²) in [4.78, 5) is 11.7. The van der Waals surface area contributed by atoms with Gasteiger partial charge in [0.2, 0.25) is 5.91 Å². The lowest BCUT2D eigenvalue weighted by atomic mass is 9.92. The first-order valence-corrected chi connectivity index (χ1v) is 6.73. The van der Waals surface area contributed by atoms with Gasteiger partial charge in [0.15, 0.2) is 0 Å². The van der Waals surface area contributed by atoms with E-state index in [9.17, 15) is 9.18 Å². The van der Waals surface area contributed by atoms with E-state index in [0.29, 0.717) is 23.7 Å². The van der Waals surface area contributed by atoms with Crippen LogP contribution in [0.1, 0.15) is 33.1 Å². The third kappa shape index (κ3) is 4.31. The summed E-state index contributed by atoms with van der Waals surface area (Å²) >= 11 is 0. The summed E-state index contributed by atoms with van der Waals surface area (Å²) in [6.45, 7) is 4.82. The smallest absolute Gasteiger partial charge is 0.238 e. The Bertz CT molecular complexity index is 442. The summed E-state index contributed by atoms with van der Waals surface area (Å²) in [6, 6.07) is 6.22. The highest BCUT2D eigenvalue weighted by molar-refractivity contribution is 5.92. The summed E-state index contributed by atoms with van der Waals surface area (Å²) in [5.41, 5.74) is 1.01. The highest BCUT2D eigenvalue weighted by atomic mass is 19.1. The molecule has 1 fully saturated rings. The number of amides is 1. The van der Waals surface area contributed by atoms with E-state index in [1.54, 1.807) is 12.1 Å². The van der Waals surface area contributed by atoms with Crippen LogP contribution in [0.5, 0.6) is 0 Å². The normalized spacial score (nSPS) is 21.3. The van der Waals surface area contributed by atoms with Gasteiger partial charge in [-0.15, -0.1) is 0 Å². The molecule has 0 aromatic heterocycles. The number of halogens is 1. The molecule has 0 heterocycles. The van der Waals surface area contributed by atoms with E-state index in [1.807, 2.05) is 0 Å². The molecule has 104 valence electrons. The Morgan fingerprint density at radius 1 is 1.37 bits per heavy atom. The van der Waals surface area contributed by atoms with Crippen LogP contribution in [-0.2, 0) is 4.79 Å². The van der Waals surface area contributed by atoms with E-state index < -0.39 is 0 Å². The van der Waals surface area contributed by atoms with Crippen molar-refractivity contribution in [3.8, 4) is 0 Å². The fraction of sp³-hybridized carbons (Fsp3) is 0.533. The Balaban J connectivity index is 1.75. The number of anilines is 1. The molecule has 1 aliphatic carbocycles. The molecule has 0 radical (unpaired) electrons. The van der Waals surface area contributed by atoms with E-state index in [4.69, 9.17) is 0 Å². The first kappa shape index (κ1) is 14.0. The maximum atomic E-state index is 12.7. The molecule has 1 aliphatic rings. The van der Waals surface area contributed by atoms with Crippen LogP contribution in [0.15, 0.2) is 24.3 Å². The summed E-state index contributed by atoms with van der Waals surface area (Å²) in [5, 5.41) is 6.03. The van der Waals surface area contributed by atoms with Crippen LogP contribution in [0.2, 0.25) is 0 Å². The second kappa shape index (κ2) is 5.70. The standard InChI is InChI=1S/C15H21FN2O/c1-15(2)8-7-13(9-15)17-10-14(19)18-12-5-3-11(16)4-6-12/h3-6,13,17H,7-10H2,1-2H3,(H,18,19). The van der Waals surface area contributed by atoms with Crippen LogP contribution in [-0.4, -0.2) is 18.5 Å². The Labute approximate surface area is 113 Å². The summed E-state index contributed by atoms with van der Waals surface area (Å²) in [6.07, 6.45) is 3.43. The van der Waals surface area contributed by atoms with Crippen molar-refractivity contribution in [3.63, 3.8) is 0 Å². The number of nitrogens with one attached hydrogen (secondary N) is 2. The highest BCUT2D eigenvalue weighted by Gasteiger charge is 2.30. The molecule has 0 aliphatic heterocycles. The van der Waals surface area contributed by atoms with E-state index in [1.165, 1.54) is 18.6 Å². The molecular formula is C15H21FN2O. The molecule has 3 nitrogen and oxygen atoms in total. The topological polar surface area (TPSA) is 41.1 Å². The number of carbonyl (C=O) groups excluding carboxylic acids is 1. The Hall–Kier alpha value is -1.42. The largest absolute Gasteiger partial charge is 0.325 e. The van der Waals surface area contributed by atoms with Crippen LogP contribution < -0.4 is 10.6 Å². The Morgan fingerprint density at radius 2 is 2.05 bits per heavy atom. The quantitative estimate of drug-likeness (QED) is 0.878. The van der Waals surface area contributed by atoms with Crippen molar-refractivity contribution >= 4 is 11.6 Å². The molecule has 2 rings (SSSR count). The fourth-order valence-corrected chi connectivity index (χ4v) is 2.59. The second-order valence-electron chi connectivity index (χ2n) is 6.04. The number of hydrogen-bond acceptors (Lipinski definition) is 2. The number of benzene rings is 1. The van der Waals surface area contributed by atoms with Gasteiger partial charge in [-0.05, 0) is 48.9 Å². The lowest BCUT2D eigenvalue weighted by molar-refractivity contribution is -0.115. The minimum Gasteiger partial charge on any atom is -0.325 e. The van der Waals surface area contributed by atoms with Gasteiger partial charge in [0.1, 0.15) is 5.82 Å². The molecule has 1 amide bonds. The molecule has 0 spiro atoms. The first-order valence-electron chi connectivity index (χ1n) is 6.73. The van der Waals surface area contributed by atoms with Gasteiger partial charge in [0, 0.05) is 11.7 Å². The minimum absolute atomic E-state index is 0.0867. The van der Waals surface area contributed by atoms with Crippen molar-refractivity contribution in [2.45, 2.75) is 39.2 Å². The van der Waals surface area contributed by atoms with E-state index >= 15 is 0 Å². The van der Waals surface area contributed by atoms with Crippen molar-refractivity contribution < 1.29 is 9.18 Å².